The molecule has 1 fully saturated rings. The van der Waals surface area contributed by atoms with Crippen LogP contribution in [0.5, 0.6) is 5.75 Å². The van der Waals surface area contributed by atoms with Crippen LogP contribution in [0.2, 0.25) is 0 Å². The summed E-state index contributed by atoms with van der Waals surface area (Å²) in [4.78, 5) is 40.0. The van der Waals surface area contributed by atoms with E-state index < -0.39 is 11.8 Å². The molecule has 0 aliphatic carbocycles. The minimum absolute atomic E-state index is 0.213. The van der Waals surface area contributed by atoms with Gasteiger partial charge < -0.3 is 25.6 Å². The maximum absolute atomic E-state index is 12.1. The largest absolute Gasteiger partial charge is 0.495 e. The molecule has 3 amide bonds. The van der Waals surface area contributed by atoms with Crippen LogP contribution in [0.1, 0.15) is 6.92 Å². The minimum Gasteiger partial charge on any atom is -0.495 e. The molecule has 3 rings (SSSR count). The van der Waals surface area contributed by atoms with E-state index in [9.17, 15) is 14.4 Å². The van der Waals surface area contributed by atoms with Crippen LogP contribution < -0.4 is 25.6 Å². The van der Waals surface area contributed by atoms with Gasteiger partial charge in [-0.2, -0.15) is 0 Å². The lowest BCUT2D eigenvalue weighted by Crippen LogP contribution is -2.49. The fraction of sp³-hybridized carbons (Fsp3) is 0.348. The Balaban J connectivity index is 1.40. The van der Waals surface area contributed by atoms with Crippen molar-refractivity contribution in [3.8, 4) is 5.75 Å². The Kier molecular flexibility index (Phi) is 8.04. The molecule has 0 unspecified atom stereocenters. The molecule has 2 aromatic carbocycles. The summed E-state index contributed by atoms with van der Waals surface area (Å²) in [5, 5.41) is 7.84. The van der Waals surface area contributed by atoms with E-state index in [4.69, 9.17) is 4.74 Å². The zero-order valence-corrected chi connectivity index (χ0v) is 18.4. The maximum atomic E-state index is 12.1. The summed E-state index contributed by atoms with van der Waals surface area (Å²) in [6.45, 7) is 5.88. The number of amides is 3. The molecule has 0 bridgehead atoms. The van der Waals surface area contributed by atoms with Gasteiger partial charge in [0, 0.05) is 57.6 Å². The van der Waals surface area contributed by atoms with Crippen molar-refractivity contribution in [2.24, 2.45) is 0 Å². The molecule has 1 aliphatic rings. The van der Waals surface area contributed by atoms with Crippen molar-refractivity contribution in [1.29, 1.82) is 0 Å². The van der Waals surface area contributed by atoms with Crippen LogP contribution in [0.25, 0.3) is 0 Å². The number of piperazine rings is 1. The molecule has 9 heteroatoms. The number of anilines is 3. The minimum atomic E-state index is -0.744. The SMILES string of the molecule is COc1ccccc1N1CCN(CCNC(=O)C(=O)Nc2cccc(NC(C)=O)c2)CC1. The number of ether oxygens (including phenoxy) is 1. The predicted molar refractivity (Wildman–Crippen MR) is 124 cm³/mol. The molecule has 0 saturated carbocycles. The van der Waals surface area contributed by atoms with E-state index in [1.165, 1.54) is 6.92 Å². The van der Waals surface area contributed by atoms with Crippen molar-refractivity contribution >= 4 is 34.8 Å². The first kappa shape index (κ1) is 23.1. The van der Waals surface area contributed by atoms with Gasteiger partial charge in [0.05, 0.1) is 12.8 Å². The summed E-state index contributed by atoms with van der Waals surface area (Å²) in [5.41, 5.74) is 2.06. The van der Waals surface area contributed by atoms with Crippen LogP contribution >= 0.6 is 0 Å². The molecule has 170 valence electrons. The van der Waals surface area contributed by atoms with Gasteiger partial charge in [-0.25, -0.2) is 0 Å². The number of methoxy groups -OCH3 is 1. The topological polar surface area (TPSA) is 103 Å². The molecule has 0 radical (unpaired) electrons. The Labute approximate surface area is 187 Å². The third kappa shape index (κ3) is 6.45. The second kappa shape index (κ2) is 11.1. The third-order valence-corrected chi connectivity index (χ3v) is 5.16. The molecule has 9 nitrogen and oxygen atoms in total. The number of para-hydroxylation sites is 2. The van der Waals surface area contributed by atoms with Gasteiger partial charge in [-0.1, -0.05) is 18.2 Å². The van der Waals surface area contributed by atoms with Crippen LogP contribution in [0, 0.1) is 0 Å². The Morgan fingerprint density at radius 1 is 0.906 bits per heavy atom. The molecule has 1 aliphatic heterocycles. The average molecular weight is 440 g/mol. The molecular weight excluding hydrogens is 410 g/mol. The number of carbonyl (C=O) groups is 3. The predicted octanol–water partition coefficient (Wildman–Crippen LogP) is 1.53. The molecule has 1 saturated heterocycles. The average Bonchev–Trinajstić information content (AvgIpc) is 2.79. The second-order valence-corrected chi connectivity index (χ2v) is 7.47. The van der Waals surface area contributed by atoms with Crippen molar-refractivity contribution in [2.75, 3.05) is 61.9 Å². The van der Waals surface area contributed by atoms with E-state index >= 15 is 0 Å². The molecule has 0 aromatic heterocycles. The van der Waals surface area contributed by atoms with Crippen LogP contribution in [-0.4, -0.2) is 69.0 Å². The second-order valence-electron chi connectivity index (χ2n) is 7.47. The molecule has 2 aromatic rings. The molecule has 1 heterocycles. The fourth-order valence-corrected chi connectivity index (χ4v) is 3.58. The first-order chi connectivity index (χ1) is 15.5. The summed E-state index contributed by atoms with van der Waals surface area (Å²) in [7, 11) is 1.67. The number of nitrogens with zero attached hydrogens (tertiary/aromatic N) is 2. The van der Waals surface area contributed by atoms with Gasteiger partial charge in [0.1, 0.15) is 5.75 Å². The fourth-order valence-electron chi connectivity index (χ4n) is 3.58. The van der Waals surface area contributed by atoms with Crippen LogP contribution in [-0.2, 0) is 14.4 Å². The van der Waals surface area contributed by atoms with Crippen molar-refractivity contribution in [1.82, 2.24) is 10.2 Å². The van der Waals surface area contributed by atoms with Gasteiger partial charge in [0.15, 0.2) is 0 Å². The van der Waals surface area contributed by atoms with Crippen LogP contribution in [0.3, 0.4) is 0 Å². The lowest BCUT2D eigenvalue weighted by atomic mass is 10.2. The normalized spacial score (nSPS) is 13.9. The van der Waals surface area contributed by atoms with Crippen molar-refractivity contribution in [3.05, 3.63) is 48.5 Å². The van der Waals surface area contributed by atoms with Gasteiger partial charge in [0.2, 0.25) is 5.91 Å². The van der Waals surface area contributed by atoms with Crippen LogP contribution in [0.15, 0.2) is 48.5 Å². The first-order valence-electron chi connectivity index (χ1n) is 10.5. The lowest BCUT2D eigenvalue weighted by molar-refractivity contribution is -0.136. The monoisotopic (exact) mass is 439 g/mol. The summed E-state index contributed by atoms with van der Waals surface area (Å²) in [6, 6.07) is 14.6. The quantitative estimate of drug-likeness (QED) is 0.566. The highest BCUT2D eigenvalue weighted by atomic mass is 16.5. The van der Waals surface area contributed by atoms with E-state index in [0.29, 0.717) is 24.5 Å². The van der Waals surface area contributed by atoms with Gasteiger partial charge in [0.25, 0.3) is 0 Å². The highest BCUT2D eigenvalue weighted by Crippen LogP contribution is 2.28. The number of rotatable bonds is 7. The maximum Gasteiger partial charge on any atom is 0.313 e. The van der Waals surface area contributed by atoms with Gasteiger partial charge in [-0.15, -0.1) is 0 Å². The van der Waals surface area contributed by atoms with Crippen molar-refractivity contribution in [3.63, 3.8) is 0 Å². The molecule has 3 N–H and O–H groups in total. The summed E-state index contributed by atoms with van der Waals surface area (Å²) in [5.74, 6) is -0.787. The third-order valence-electron chi connectivity index (χ3n) is 5.16. The molecular formula is C23H29N5O4. The van der Waals surface area contributed by atoms with Gasteiger partial charge in [-0.05, 0) is 30.3 Å². The number of carbonyl (C=O) groups excluding carboxylic acids is 3. The standard InChI is InChI=1S/C23H29N5O4/c1-17(29)25-18-6-5-7-19(16-18)26-23(31)22(30)24-10-11-27-12-14-28(15-13-27)20-8-3-4-9-21(20)32-2/h3-9,16H,10-15H2,1-2H3,(H,24,30)(H,25,29)(H,26,31). The van der Waals surface area contributed by atoms with Crippen molar-refractivity contribution in [2.45, 2.75) is 6.92 Å². The smallest absolute Gasteiger partial charge is 0.313 e. The Morgan fingerprint density at radius 2 is 1.59 bits per heavy atom. The zero-order valence-electron chi connectivity index (χ0n) is 18.4. The molecule has 0 atom stereocenters. The highest BCUT2D eigenvalue weighted by Gasteiger charge is 2.20. The number of nitrogens with one attached hydrogen (secondary N) is 3. The van der Waals surface area contributed by atoms with Crippen molar-refractivity contribution < 1.29 is 19.1 Å². The van der Waals surface area contributed by atoms with E-state index in [1.807, 2.05) is 18.2 Å². The Bertz CT molecular complexity index is 957. The zero-order chi connectivity index (χ0) is 22.9. The van der Waals surface area contributed by atoms with E-state index in [0.717, 1.165) is 37.6 Å². The molecule has 32 heavy (non-hydrogen) atoms. The molecule has 0 spiro atoms. The summed E-state index contributed by atoms with van der Waals surface area (Å²) in [6.07, 6.45) is 0. The van der Waals surface area contributed by atoms with Crippen LogP contribution in [0.4, 0.5) is 17.1 Å². The van der Waals surface area contributed by atoms with E-state index in [2.05, 4.69) is 31.8 Å². The van der Waals surface area contributed by atoms with Gasteiger partial charge in [-0.3, -0.25) is 19.3 Å². The summed E-state index contributed by atoms with van der Waals surface area (Å²) < 4.78 is 5.45. The number of hydrogen-bond acceptors (Lipinski definition) is 6. The Hall–Kier alpha value is -3.59. The van der Waals surface area contributed by atoms with E-state index in [-0.39, 0.29) is 5.91 Å². The van der Waals surface area contributed by atoms with E-state index in [1.54, 1.807) is 31.4 Å². The summed E-state index contributed by atoms with van der Waals surface area (Å²) >= 11 is 0. The first-order valence-corrected chi connectivity index (χ1v) is 10.5. The number of benzene rings is 2. The highest BCUT2D eigenvalue weighted by molar-refractivity contribution is 6.39. The number of hydrogen-bond donors (Lipinski definition) is 3. The van der Waals surface area contributed by atoms with Gasteiger partial charge >= 0.3 is 11.8 Å². The Morgan fingerprint density at radius 3 is 2.28 bits per heavy atom. The lowest BCUT2D eigenvalue weighted by Gasteiger charge is -2.36.